The van der Waals surface area contributed by atoms with Crippen LogP contribution in [-0.4, -0.2) is 39.1 Å². The van der Waals surface area contributed by atoms with E-state index in [4.69, 9.17) is 9.47 Å². The van der Waals surface area contributed by atoms with E-state index in [9.17, 15) is 9.59 Å². The Labute approximate surface area is 149 Å². The molecule has 1 aliphatic carbocycles. The van der Waals surface area contributed by atoms with Crippen molar-refractivity contribution in [2.24, 2.45) is 5.92 Å². The summed E-state index contributed by atoms with van der Waals surface area (Å²) in [4.78, 5) is 24.1. The lowest BCUT2D eigenvalue weighted by molar-refractivity contribution is -0.122. The van der Waals surface area contributed by atoms with Crippen LogP contribution < -0.4 is 20.1 Å². The molecule has 2 amide bonds. The number of nitrogens with one attached hydrogen (secondary N) is 2. The summed E-state index contributed by atoms with van der Waals surface area (Å²) in [7, 11) is 3.08. The molecule has 2 N–H and O–H groups in total. The number of carbonyl (C=O) groups excluding carboxylic acids is 2. The second-order valence-corrected chi connectivity index (χ2v) is 6.38. The summed E-state index contributed by atoms with van der Waals surface area (Å²) in [6.45, 7) is 0.828. The molecule has 2 rings (SSSR count). The van der Waals surface area contributed by atoms with Crippen molar-refractivity contribution in [3.8, 4) is 11.5 Å². The average molecular weight is 348 g/mol. The summed E-state index contributed by atoms with van der Waals surface area (Å²) in [5.41, 5.74) is 0.492. The molecule has 0 spiro atoms. The molecule has 1 aromatic carbocycles. The molecular weight excluding hydrogens is 320 g/mol. The van der Waals surface area contributed by atoms with E-state index in [1.165, 1.54) is 26.4 Å². The highest BCUT2D eigenvalue weighted by Gasteiger charge is 2.16. The Morgan fingerprint density at radius 1 is 1.00 bits per heavy atom. The fraction of sp³-hybridized carbons (Fsp3) is 0.579. The molecule has 0 saturated heterocycles. The summed E-state index contributed by atoms with van der Waals surface area (Å²) < 4.78 is 10.3. The number of rotatable bonds is 8. The van der Waals surface area contributed by atoms with E-state index in [1.807, 2.05) is 0 Å². The maximum atomic E-state index is 12.2. The second kappa shape index (κ2) is 9.91. The molecule has 0 bridgehead atoms. The summed E-state index contributed by atoms with van der Waals surface area (Å²) in [5, 5.41) is 5.68. The van der Waals surface area contributed by atoms with Gasteiger partial charge >= 0.3 is 0 Å². The topological polar surface area (TPSA) is 76.7 Å². The van der Waals surface area contributed by atoms with Crippen molar-refractivity contribution < 1.29 is 19.1 Å². The van der Waals surface area contributed by atoms with E-state index in [1.54, 1.807) is 25.3 Å². The third-order valence-electron chi connectivity index (χ3n) is 4.58. The first-order valence-electron chi connectivity index (χ1n) is 8.91. The molecule has 0 heterocycles. The molecule has 1 fully saturated rings. The Hall–Kier alpha value is -2.24. The number of benzene rings is 1. The third-order valence-corrected chi connectivity index (χ3v) is 4.58. The fourth-order valence-electron chi connectivity index (χ4n) is 3.18. The van der Waals surface area contributed by atoms with Gasteiger partial charge in [-0.1, -0.05) is 19.3 Å². The molecule has 6 nitrogen and oxygen atoms in total. The molecule has 6 heteroatoms. The number of ether oxygens (including phenoxy) is 2. The van der Waals surface area contributed by atoms with Crippen LogP contribution in [0.4, 0.5) is 0 Å². The molecule has 0 radical (unpaired) electrons. The van der Waals surface area contributed by atoms with Crippen LogP contribution in [0.3, 0.4) is 0 Å². The summed E-state index contributed by atoms with van der Waals surface area (Å²) in [5.74, 6) is 1.48. The van der Waals surface area contributed by atoms with Crippen LogP contribution in [0.1, 0.15) is 48.9 Å². The van der Waals surface area contributed by atoms with Crippen molar-refractivity contribution in [2.75, 3.05) is 27.3 Å². The van der Waals surface area contributed by atoms with Crippen molar-refractivity contribution in [1.29, 1.82) is 0 Å². The van der Waals surface area contributed by atoms with Gasteiger partial charge in [0.05, 0.1) is 14.2 Å². The number of methoxy groups -OCH3 is 2. The lowest BCUT2D eigenvalue weighted by atomic mass is 9.87. The normalized spacial score (nSPS) is 14.6. The minimum Gasteiger partial charge on any atom is -0.493 e. The quantitative estimate of drug-likeness (QED) is 0.708. The number of carbonyl (C=O) groups is 2. The van der Waals surface area contributed by atoms with Crippen LogP contribution in [-0.2, 0) is 4.79 Å². The van der Waals surface area contributed by atoms with Gasteiger partial charge in [0.2, 0.25) is 5.91 Å². The van der Waals surface area contributed by atoms with Gasteiger partial charge in [-0.25, -0.2) is 0 Å². The van der Waals surface area contributed by atoms with Gasteiger partial charge in [0.1, 0.15) is 0 Å². The molecular formula is C19H28N2O4. The SMILES string of the molecule is COc1ccc(C(=O)NCCNC(=O)CC2CCCCC2)cc1OC. The van der Waals surface area contributed by atoms with Crippen molar-refractivity contribution in [3.63, 3.8) is 0 Å². The largest absolute Gasteiger partial charge is 0.493 e. The van der Waals surface area contributed by atoms with Gasteiger partial charge in [-0.3, -0.25) is 9.59 Å². The van der Waals surface area contributed by atoms with Crippen LogP contribution >= 0.6 is 0 Å². The highest BCUT2D eigenvalue weighted by molar-refractivity contribution is 5.94. The number of amides is 2. The van der Waals surface area contributed by atoms with Crippen LogP contribution in [0.5, 0.6) is 11.5 Å². The molecule has 0 aromatic heterocycles. The monoisotopic (exact) mass is 348 g/mol. The van der Waals surface area contributed by atoms with Crippen molar-refractivity contribution in [2.45, 2.75) is 38.5 Å². The maximum Gasteiger partial charge on any atom is 0.251 e. The standard InChI is InChI=1S/C19H28N2O4/c1-24-16-9-8-15(13-17(16)25-2)19(23)21-11-10-20-18(22)12-14-6-4-3-5-7-14/h8-9,13-14H,3-7,10-12H2,1-2H3,(H,20,22)(H,21,23). The van der Waals surface area contributed by atoms with Crippen molar-refractivity contribution in [1.82, 2.24) is 10.6 Å². The molecule has 1 aromatic rings. The minimum atomic E-state index is -0.206. The van der Waals surface area contributed by atoms with Gasteiger partial charge in [-0.2, -0.15) is 0 Å². The Morgan fingerprint density at radius 2 is 1.68 bits per heavy atom. The summed E-state index contributed by atoms with van der Waals surface area (Å²) in [6.07, 6.45) is 6.68. The van der Waals surface area contributed by atoms with E-state index >= 15 is 0 Å². The predicted octanol–water partition coefficient (Wildman–Crippen LogP) is 2.52. The lowest BCUT2D eigenvalue weighted by Crippen LogP contribution is -2.35. The Morgan fingerprint density at radius 3 is 2.36 bits per heavy atom. The molecule has 0 atom stereocenters. The highest BCUT2D eigenvalue weighted by atomic mass is 16.5. The van der Waals surface area contributed by atoms with E-state index in [0.717, 1.165) is 12.8 Å². The Balaban J connectivity index is 1.70. The van der Waals surface area contributed by atoms with E-state index in [2.05, 4.69) is 10.6 Å². The summed E-state index contributed by atoms with van der Waals surface area (Å²) in [6, 6.07) is 5.01. The van der Waals surface area contributed by atoms with Gasteiger partial charge in [0.15, 0.2) is 11.5 Å². The van der Waals surface area contributed by atoms with Crippen LogP contribution in [0.25, 0.3) is 0 Å². The van der Waals surface area contributed by atoms with Crippen LogP contribution in [0, 0.1) is 5.92 Å². The molecule has 25 heavy (non-hydrogen) atoms. The third kappa shape index (κ3) is 5.96. The van der Waals surface area contributed by atoms with Crippen LogP contribution in [0.2, 0.25) is 0 Å². The Kier molecular flexibility index (Phi) is 7.57. The smallest absolute Gasteiger partial charge is 0.251 e. The Bertz CT molecular complexity index is 583. The molecule has 0 aliphatic heterocycles. The highest BCUT2D eigenvalue weighted by Crippen LogP contribution is 2.27. The predicted molar refractivity (Wildman–Crippen MR) is 96.1 cm³/mol. The van der Waals surface area contributed by atoms with Crippen molar-refractivity contribution in [3.05, 3.63) is 23.8 Å². The van der Waals surface area contributed by atoms with Gasteiger partial charge in [0, 0.05) is 25.1 Å². The minimum absolute atomic E-state index is 0.0762. The number of hydrogen-bond acceptors (Lipinski definition) is 4. The average Bonchev–Trinajstić information content (AvgIpc) is 2.65. The second-order valence-electron chi connectivity index (χ2n) is 6.38. The van der Waals surface area contributed by atoms with Gasteiger partial charge in [-0.05, 0) is 37.0 Å². The molecule has 1 aliphatic rings. The molecule has 0 unspecified atom stereocenters. The van der Waals surface area contributed by atoms with E-state index in [-0.39, 0.29) is 11.8 Å². The van der Waals surface area contributed by atoms with Gasteiger partial charge in [0.25, 0.3) is 5.91 Å². The summed E-state index contributed by atoms with van der Waals surface area (Å²) >= 11 is 0. The zero-order valence-corrected chi connectivity index (χ0v) is 15.1. The number of hydrogen-bond donors (Lipinski definition) is 2. The first kappa shape index (κ1) is 19.1. The van der Waals surface area contributed by atoms with E-state index < -0.39 is 0 Å². The maximum absolute atomic E-state index is 12.2. The van der Waals surface area contributed by atoms with Crippen LogP contribution in [0.15, 0.2) is 18.2 Å². The zero-order valence-electron chi connectivity index (χ0n) is 15.1. The lowest BCUT2D eigenvalue weighted by Gasteiger charge is -2.20. The van der Waals surface area contributed by atoms with E-state index in [0.29, 0.717) is 42.5 Å². The molecule has 1 saturated carbocycles. The first-order valence-corrected chi connectivity index (χ1v) is 8.91. The first-order chi connectivity index (χ1) is 12.1. The van der Waals surface area contributed by atoms with Gasteiger partial charge in [-0.15, -0.1) is 0 Å². The zero-order chi connectivity index (χ0) is 18.1. The van der Waals surface area contributed by atoms with Gasteiger partial charge < -0.3 is 20.1 Å². The fourth-order valence-corrected chi connectivity index (χ4v) is 3.18. The van der Waals surface area contributed by atoms with Crippen molar-refractivity contribution >= 4 is 11.8 Å². The molecule has 138 valence electrons.